The lowest BCUT2D eigenvalue weighted by Crippen LogP contribution is -2.42. The van der Waals surface area contributed by atoms with Crippen molar-refractivity contribution < 1.29 is 14.6 Å². The molecule has 24 heavy (non-hydrogen) atoms. The number of aliphatic hydroxyl groups excluding tert-OH is 1. The highest BCUT2D eigenvalue weighted by Crippen LogP contribution is 2.31. The van der Waals surface area contributed by atoms with Crippen molar-refractivity contribution in [2.24, 2.45) is 5.92 Å². The highest BCUT2D eigenvalue weighted by atomic mass is 35.5. The summed E-state index contributed by atoms with van der Waals surface area (Å²) in [5.74, 6) is 0.287. The molecule has 1 aliphatic rings. The number of piperidine rings is 1. The molecule has 134 valence electrons. The Morgan fingerprint density at radius 3 is 2.67 bits per heavy atom. The molecule has 0 aliphatic carbocycles. The molecule has 2 N–H and O–H groups in total. The number of hydrogen-bond acceptors (Lipinski definition) is 4. The van der Waals surface area contributed by atoms with E-state index in [1.807, 2.05) is 24.3 Å². The van der Waals surface area contributed by atoms with Gasteiger partial charge in [0.05, 0.1) is 12.6 Å². The number of aliphatic hydroxyl groups is 1. The van der Waals surface area contributed by atoms with Crippen LogP contribution in [-0.2, 0) is 9.53 Å². The van der Waals surface area contributed by atoms with Gasteiger partial charge in [0.25, 0.3) is 0 Å². The van der Waals surface area contributed by atoms with Crippen molar-refractivity contribution in [1.29, 1.82) is 0 Å². The molecule has 1 aliphatic heterocycles. The van der Waals surface area contributed by atoms with Crippen LogP contribution in [0.15, 0.2) is 24.3 Å². The van der Waals surface area contributed by atoms with Crippen molar-refractivity contribution in [1.82, 2.24) is 10.2 Å². The number of benzene rings is 1. The van der Waals surface area contributed by atoms with E-state index in [0.717, 1.165) is 37.9 Å². The number of nitrogens with one attached hydrogen (secondary N) is 1. The lowest BCUT2D eigenvalue weighted by atomic mass is 9.87. The van der Waals surface area contributed by atoms with Crippen LogP contribution in [0.4, 0.5) is 0 Å². The summed E-state index contributed by atoms with van der Waals surface area (Å²) in [5.41, 5.74) is 0.911. The predicted molar refractivity (Wildman–Crippen MR) is 95.1 cm³/mol. The Kier molecular flexibility index (Phi) is 7.99. The maximum atomic E-state index is 11.9. The van der Waals surface area contributed by atoms with Crippen LogP contribution in [-0.4, -0.2) is 55.8 Å². The zero-order valence-corrected chi connectivity index (χ0v) is 15.0. The van der Waals surface area contributed by atoms with Crippen molar-refractivity contribution in [3.05, 3.63) is 34.9 Å². The molecular formula is C18H27ClN2O3. The zero-order valence-electron chi connectivity index (χ0n) is 14.2. The predicted octanol–water partition coefficient (Wildman–Crippen LogP) is 2.24. The molecular weight excluding hydrogens is 328 g/mol. The number of ether oxygens (including phenoxy) is 1. The topological polar surface area (TPSA) is 61.8 Å². The number of methoxy groups -OCH3 is 1. The number of carbonyl (C=O) groups is 1. The van der Waals surface area contributed by atoms with Gasteiger partial charge in [0.1, 0.15) is 0 Å². The Bertz CT molecular complexity index is 501. The van der Waals surface area contributed by atoms with Crippen molar-refractivity contribution in [3.8, 4) is 0 Å². The van der Waals surface area contributed by atoms with Gasteiger partial charge in [0.2, 0.25) is 5.91 Å². The number of halogens is 1. The van der Waals surface area contributed by atoms with E-state index in [9.17, 15) is 9.90 Å². The second-order valence-corrected chi connectivity index (χ2v) is 6.74. The van der Waals surface area contributed by atoms with Crippen molar-refractivity contribution >= 4 is 17.5 Å². The molecule has 1 aromatic rings. The third-order valence-corrected chi connectivity index (χ3v) is 4.76. The molecule has 1 saturated heterocycles. The Hall–Kier alpha value is -1.14. The van der Waals surface area contributed by atoms with Gasteiger partial charge in [-0.05, 0) is 56.0 Å². The van der Waals surface area contributed by atoms with Gasteiger partial charge >= 0.3 is 0 Å². The maximum Gasteiger partial charge on any atom is 0.234 e. The third kappa shape index (κ3) is 6.06. The van der Waals surface area contributed by atoms with Crippen LogP contribution in [0.3, 0.4) is 0 Å². The minimum atomic E-state index is -0.465. The van der Waals surface area contributed by atoms with Gasteiger partial charge < -0.3 is 15.2 Å². The summed E-state index contributed by atoms with van der Waals surface area (Å²) in [4.78, 5) is 14.0. The molecule has 1 fully saturated rings. The molecule has 2 rings (SSSR count). The van der Waals surface area contributed by atoms with Gasteiger partial charge in [0, 0.05) is 25.3 Å². The van der Waals surface area contributed by atoms with E-state index in [1.54, 1.807) is 7.11 Å². The van der Waals surface area contributed by atoms with Gasteiger partial charge in [-0.15, -0.1) is 0 Å². The van der Waals surface area contributed by atoms with E-state index >= 15 is 0 Å². The van der Waals surface area contributed by atoms with Crippen LogP contribution in [0.25, 0.3) is 0 Å². The Labute approximate surface area is 148 Å². The highest BCUT2D eigenvalue weighted by Gasteiger charge is 2.26. The SMILES string of the molecule is COCCCNC(=O)CN1CCC(C(O)c2ccc(Cl)cc2)CC1. The van der Waals surface area contributed by atoms with Gasteiger partial charge in [-0.25, -0.2) is 0 Å². The fourth-order valence-corrected chi connectivity index (χ4v) is 3.19. The number of rotatable bonds is 8. The minimum absolute atomic E-state index is 0.0582. The lowest BCUT2D eigenvalue weighted by molar-refractivity contribution is -0.122. The smallest absolute Gasteiger partial charge is 0.234 e. The Morgan fingerprint density at radius 2 is 2.04 bits per heavy atom. The second-order valence-electron chi connectivity index (χ2n) is 6.31. The molecule has 1 atom stereocenters. The van der Waals surface area contributed by atoms with E-state index in [-0.39, 0.29) is 11.8 Å². The molecule has 1 aromatic carbocycles. The first-order chi connectivity index (χ1) is 11.6. The molecule has 0 saturated carbocycles. The summed E-state index contributed by atoms with van der Waals surface area (Å²) in [6.45, 7) is 3.41. The molecule has 1 heterocycles. The fourth-order valence-electron chi connectivity index (χ4n) is 3.06. The zero-order chi connectivity index (χ0) is 17.4. The average Bonchev–Trinajstić information content (AvgIpc) is 2.59. The summed E-state index contributed by atoms with van der Waals surface area (Å²) in [6, 6.07) is 7.38. The first-order valence-corrected chi connectivity index (χ1v) is 8.89. The van der Waals surface area contributed by atoms with Crippen LogP contribution >= 0.6 is 11.6 Å². The molecule has 0 bridgehead atoms. The van der Waals surface area contributed by atoms with Crippen molar-refractivity contribution in [3.63, 3.8) is 0 Å². The lowest BCUT2D eigenvalue weighted by Gasteiger charge is -2.34. The van der Waals surface area contributed by atoms with E-state index < -0.39 is 6.10 Å². The van der Waals surface area contributed by atoms with Crippen LogP contribution < -0.4 is 5.32 Å². The van der Waals surface area contributed by atoms with Crippen LogP contribution in [0, 0.1) is 5.92 Å². The number of amides is 1. The monoisotopic (exact) mass is 354 g/mol. The Balaban J connectivity index is 1.71. The summed E-state index contributed by atoms with van der Waals surface area (Å²) >= 11 is 5.89. The molecule has 6 heteroatoms. The first kappa shape index (κ1) is 19.2. The molecule has 0 aromatic heterocycles. The van der Waals surface area contributed by atoms with E-state index in [0.29, 0.717) is 24.7 Å². The maximum absolute atomic E-state index is 11.9. The van der Waals surface area contributed by atoms with Gasteiger partial charge in [-0.2, -0.15) is 0 Å². The van der Waals surface area contributed by atoms with Crippen LogP contribution in [0.1, 0.15) is 30.9 Å². The molecule has 0 radical (unpaired) electrons. The van der Waals surface area contributed by atoms with Gasteiger partial charge in [-0.3, -0.25) is 9.69 Å². The van der Waals surface area contributed by atoms with E-state index in [4.69, 9.17) is 16.3 Å². The standard InChI is InChI=1S/C18H27ClN2O3/c1-24-12-2-9-20-17(22)13-21-10-7-15(8-11-21)18(23)14-3-5-16(19)6-4-14/h3-6,15,18,23H,2,7-13H2,1H3,(H,20,22). The first-order valence-electron chi connectivity index (χ1n) is 8.51. The molecule has 0 spiro atoms. The number of carbonyl (C=O) groups excluding carboxylic acids is 1. The minimum Gasteiger partial charge on any atom is -0.388 e. The van der Waals surface area contributed by atoms with Crippen molar-refractivity contribution in [2.45, 2.75) is 25.4 Å². The summed E-state index contributed by atoms with van der Waals surface area (Å²) in [6.07, 6.45) is 2.14. The van der Waals surface area contributed by atoms with Gasteiger partial charge in [-0.1, -0.05) is 23.7 Å². The Morgan fingerprint density at radius 1 is 1.38 bits per heavy atom. The van der Waals surface area contributed by atoms with Crippen LogP contribution in [0.5, 0.6) is 0 Å². The van der Waals surface area contributed by atoms with E-state index in [2.05, 4.69) is 10.2 Å². The fraction of sp³-hybridized carbons (Fsp3) is 0.611. The molecule has 1 unspecified atom stereocenters. The average molecular weight is 355 g/mol. The highest BCUT2D eigenvalue weighted by molar-refractivity contribution is 6.30. The summed E-state index contributed by atoms with van der Waals surface area (Å²) in [5, 5.41) is 14.1. The number of nitrogens with zero attached hydrogens (tertiary/aromatic N) is 1. The third-order valence-electron chi connectivity index (χ3n) is 4.50. The van der Waals surface area contributed by atoms with E-state index in [1.165, 1.54) is 0 Å². The molecule has 5 nitrogen and oxygen atoms in total. The van der Waals surface area contributed by atoms with Crippen molar-refractivity contribution in [2.75, 3.05) is 39.9 Å². The largest absolute Gasteiger partial charge is 0.388 e. The summed E-state index contributed by atoms with van der Waals surface area (Å²) in [7, 11) is 1.66. The summed E-state index contributed by atoms with van der Waals surface area (Å²) < 4.78 is 4.96. The second kappa shape index (κ2) is 9.99. The normalized spacial score (nSPS) is 17.6. The quantitative estimate of drug-likeness (QED) is 0.703. The number of hydrogen-bond donors (Lipinski definition) is 2. The van der Waals surface area contributed by atoms with Gasteiger partial charge in [0.15, 0.2) is 0 Å². The number of likely N-dealkylation sites (tertiary alicyclic amines) is 1. The molecule has 1 amide bonds. The van der Waals surface area contributed by atoms with Crippen LogP contribution in [0.2, 0.25) is 5.02 Å².